The Morgan fingerprint density at radius 1 is 0.627 bits per heavy atom. The Kier molecular flexibility index (Phi) is 17.4. The molecule has 2 aliphatic rings. The summed E-state index contributed by atoms with van der Waals surface area (Å²) in [5.74, 6) is -8.42. The number of aliphatic hydroxyl groups is 1. The lowest BCUT2D eigenvalue weighted by atomic mass is 9.86. The summed E-state index contributed by atoms with van der Waals surface area (Å²) in [6.07, 6.45) is 4.96. The number of halogens is 6. The lowest BCUT2D eigenvalue weighted by molar-refractivity contribution is -0.137. The SMILES string of the molecule is Cc1ccc(CC(=O)C[C@H](CCC(=O)O)c2onc(-c3cc(C(F)(F)C(C)(C)C)on3)c2C2CC2)c(Cl)c1.Cc1ccc(CC(=O)C[C@H](CCCO)c2onc(-c3cc(C(F)(F)C(C)(C)C)on3)c2C2CC2)c(Cl)c1. The van der Waals surface area contributed by atoms with E-state index in [1.165, 1.54) is 53.7 Å². The number of hydrogen-bond donors (Lipinski definition) is 2. The van der Waals surface area contributed by atoms with Crippen molar-refractivity contribution in [3.05, 3.63) is 115 Å². The Balaban J connectivity index is 0.000000219. The van der Waals surface area contributed by atoms with E-state index in [2.05, 4.69) is 20.6 Å². The zero-order valence-electron chi connectivity index (χ0n) is 43.4. The number of alkyl halides is 4. The van der Waals surface area contributed by atoms with E-state index in [4.69, 9.17) is 41.3 Å². The topological polar surface area (TPSA) is 196 Å². The van der Waals surface area contributed by atoms with Crippen LogP contribution < -0.4 is 0 Å². The molecule has 6 aromatic rings. The van der Waals surface area contributed by atoms with E-state index in [0.717, 1.165) is 47.9 Å². The van der Waals surface area contributed by atoms with Crippen molar-refractivity contribution in [2.45, 2.75) is 168 Å². The first-order chi connectivity index (χ1) is 35.2. The van der Waals surface area contributed by atoms with Crippen LogP contribution in [0.3, 0.4) is 0 Å². The van der Waals surface area contributed by atoms with Crippen LogP contribution in [0.1, 0.15) is 186 Å². The van der Waals surface area contributed by atoms with Gasteiger partial charge in [-0.05, 0) is 105 Å². The van der Waals surface area contributed by atoms with Crippen LogP contribution in [0.4, 0.5) is 17.6 Å². The van der Waals surface area contributed by atoms with Crippen LogP contribution in [0.25, 0.3) is 22.8 Å². The number of carboxylic acids is 1. The fourth-order valence-corrected chi connectivity index (χ4v) is 9.52. The Hall–Kier alpha value is -5.65. The maximum Gasteiger partial charge on any atom is 0.312 e. The number of aromatic nitrogens is 4. The van der Waals surface area contributed by atoms with Gasteiger partial charge < -0.3 is 28.3 Å². The number of carbonyl (C=O) groups excluding carboxylic acids is 2. The van der Waals surface area contributed by atoms with E-state index in [-0.39, 0.29) is 91.5 Å². The molecule has 2 aromatic carbocycles. The molecule has 2 saturated carbocycles. The summed E-state index contributed by atoms with van der Waals surface area (Å²) in [6, 6.07) is 13.5. The van der Waals surface area contributed by atoms with Crippen LogP contribution in [0, 0.1) is 24.7 Å². The lowest BCUT2D eigenvalue weighted by Gasteiger charge is -2.27. The van der Waals surface area contributed by atoms with Crippen LogP contribution in [0.15, 0.2) is 66.6 Å². The van der Waals surface area contributed by atoms with Gasteiger partial charge in [0, 0.05) is 94.7 Å². The smallest absolute Gasteiger partial charge is 0.312 e. The summed E-state index contributed by atoms with van der Waals surface area (Å²) in [6.45, 7) is 12.4. The molecule has 4 heterocycles. The highest BCUT2D eigenvalue weighted by molar-refractivity contribution is 6.32. The first-order valence-corrected chi connectivity index (χ1v) is 26.0. The first kappa shape index (κ1) is 57.1. The molecule has 4 aromatic heterocycles. The van der Waals surface area contributed by atoms with Gasteiger partial charge in [0.1, 0.15) is 45.9 Å². The van der Waals surface area contributed by atoms with Crippen molar-refractivity contribution in [1.29, 1.82) is 0 Å². The first-order valence-electron chi connectivity index (χ1n) is 25.3. The Morgan fingerprint density at radius 3 is 1.37 bits per heavy atom. The number of carbonyl (C=O) groups is 3. The van der Waals surface area contributed by atoms with Gasteiger partial charge in [-0.1, -0.05) is 110 Å². The number of aryl methyl sites for hydroxylation is 2. The second-order valence-electron chi connectivity index (χ2n) is 22.2. The highest BCUT2D eigenvalue weighted by Gasteiger charge is 2.50. The van der Waals surface area contributed by atoms with Crippen molar-refractivity contribution in [2.75, 3.05) is 6.61 Å². The fraction of sp³-hybridized carbons (Fsp3) is 0.518. The van der Waals surface area contributed by atoms with Gasteiger partial charge in [-0.25, -0.2) is 0 Å². The van der Waals surface area contributed by atoms with E-state index in [9.17, 15) is 42.2 Å². The van der Waals surface area contributed by atoms with Crippen molar-refractivity contribution in [2.24, 2.45) is 10.8 Å². The van der Waals surface area contributed by atoms with E-state index in [1.807, 2.05) is 38.1 Å². The summed E-state index contributed by atoms with van der Waals surface area (Å²) in [7, 11) is 0. The van der Waals surface area contributed by atoms with Crippen LogP contribution in [-0.4, -0.2) is 55.0 Å². The zero-order chi connectivity index (χ0) is 54.8. The number of rotatable bonds is 22. The van der Waals surface area contributed by atoms with Gasteiger partial charge in [0.05, 0.1) is 0 Å². The monoisotopic (exact) mass is 1080 g/mol. The molecule has 13 nitrogen and oxygen atoms in total. The predicted molar refractivity (Wildman–Crippen MR) is 272 cm³/mol. The van der Waals surface area contributed by atoms with E-state index >= 15 is 0 Å². The lowest BCUT2D eigenvalue weighted by Crippen LogP contribution is -2.30. The Labute approximate surface area is 443 Å². The van der Waals surface area contributed by atoms with Crippen molar-refractivity contribution >= 4 is 40.7 Å². The normalized spacial score (nSPS) is 15.1. The summed E-state index contributed by atoms with van der Waals surface area (Å²) >= 11 is 12.6. The second kappa shape index (κ2) is 22.9. The molecule has 2 aliphatic carbocycles. The minimum absolute atomic E-state index is 0.0121. The zero-order valence-corrected chi connectivity index (χ0v) is 44.9. The van der Waals surface area contributed by atoms with Crippen molar-refractivity contribution in [3.63, 3.8) is 0 Å². The molecule has 2 atom stereocenters. The molecule has 0 aliphatic heterocycles. The largest absolute Gasteiger partial charge is 0.481 e. The third kappa shape index (κ3) is 13.5. The fourth-order valence-electron chi connectivity index (χ4n) is 8.92. The average Bonchev–Trinajstić information content (AvgIpc) is 4.08. The molecule has 0 unspecified atom stereocenters. The van der Waals surface area contributed by atoms with Gasteiger partial charge in [-0.2, -0.15) is 17.6 Å². The maximum absolute atomic E-state index is 14.9. The van der Waals surface area contributed by atoms with Crippen LogP contribution in [0.2, 0.25) is 10.0 Å². The van der Waals surface area contributed by atoms with Gasteiger partial charge in [-0.15, -0.1) is 0 Å². The molecule has 19 heteroatoms. The molecule has 2 fully saturated rings. The number of benzene rings is 2. The van der Waals surface area contributed by atoms with Crippen LogP contribution in [0.5, 0.6) is 0 Å². The van der Waals surface area contributed by atoms with Crippen molar-refractivity contribution < 1.29 is 60.3 Å². The van der Waals surface area contributed by atoms with Crippen molar-refractivity contribution in [1.82, 2.24) is 20.6 Å². The highest BCUT2D eigenvalue weighted by Crippen LogP contribution is 2.52. The second-order valence-corrected chi connectivity index (χ2v) is 23.0. The molecule has 0 amide bonds. The Bertz CT molecular complexity index is 2990. The molecule has 404 valence electrons. The van der Waals surface area contributed by atoms with E-state index in [0.29, 0.717) is 51.2 Å². The van der Waals surface area contributed by atoms with Crippen molar-refractivity contribution in [3.8, 4) is 22.8 Å². The van der Waals surface area contributed by atoms with Gasteiger partial charge in [-0.3, -0.25) is 14.4 Å². The summed E-state index contributed by atoms with van der Waals surface area (Å²) in [5, 5.41) is 36.0. The molecule has 8 rings (SSSR count). The molecule has 0 bridgehead atoms. The van der Waals surface area contributed by atoms with Gasteiger partial charge in [0.25, 0.3) is 0 Å². The molecule has 2 N–H and O–H groups in total. The van der Waals surface area contributed by atoms with Gasteiger partial charge >= 0.3 is 17.8 Å². The number of nitrogens with zero attached hydrogens (tertiary/aromatic N) is 4. The summed E-state index contributed by atoms with van der Waals surface area (Å²) in [5.41, 5.74) is 3.15. The maximum atomic E-state index is 14.9. The minimum Gasteiger partial charge on any atom is -0.481 e. The molecule has 0 spiro atoms. The number of ketones is 2. The van der Waals surface area contributed by atoms with Crippen LogP contribution >= 0.6 is 23.2 Å². The third-order valence-corrected chi connectivity index (χ3v) is 14.5. The number of hydrogen-bond acceptors (Lipinski definition) is 12. The highest BCUT2D eigenvalue weighted by atomic mass is 35.5. The van der Waals surface area contributed by atoms with Gasteiger partial charge in [0.2, 0.25) is 11.5 Å². The molecule has 0 saturated heterocycles. The summed E-state index contributed by atoms with van der Waals surface area (Å²) < 4.78 is 81.1. The van der Waals surface area contributed by atoms with Gasteiger partial charge in [0.15, 0.2) is 0 Å². The van der Waals surface area contributed by atoms with Crippen LogP contribution in [-0.2, 0) is 39.1 Å². The average molecular weight is 1080 g/mol. The van der Waals surface area contributed by atoms with E-state index in [1.54, 1.807) is 12.1 Å². The number of Topliss-reactive ketones (excluding diaryl/α,β-unsaturated/α-hetero) is 2. The number of aliphatic carboxylic acids is 1. The standard InChI is InChI=1S/C28H31ClF2N2O5.C28H33ClF2N2O4/c1-15-5-6-17(20(29)11-15)12-19(34)13-18(9-10-23(35)36)26-24(16-7-8-16)25(33-38-26)21-14-22(37-32-21)28(30,31)27(2,3)4;1-16-7-8-18(21(29)12-16)13-20(35)14-19(6-5-11-34)26-24(17-9-10-17)25(33-37-26)22-15-23(36-32-22)28(30,31)27(2,3)4/h5-6,11,14,16,18H,7-10,12-13H2,1-4H3,(H,35,36);7-8,12,15,17,19,34H,5-6,9-11,13-14H2,1-4H3/t18-;19-/m00/s1. The molecular formula is C56H64Cl2F4N4O9. The minimum atomic E-state index is -3.27. The molecular weight excluding hydrogens is 1020 g/mol. The van der Waals surface area contributed by atoms with E-state index < -0.39 is 46.1 Å². The third-order valence-electron chi connectivity index (χ3n) is 13.8. The summed E-state index contributed by atoms with van der Waals surface area (Å²) in [4.78, 5) is 37.5. The molecule has 75 heavy (non-hydrogen) atoms. The predicted octanol–water partition coefficient (Wildman–Crippen LogP) is 14.8. The number of aliphatic hydroxyl groups excluding tert-OH is 1. The molecule has 0 radical (unpaired) electrons. The quantitative estimate of drug-likeness (QED) is 0.0610. The number of carboxylic acid groups (broad SMARTS) is 1. The Morgan fingerprint density at radius 2 is 1.03 bits per heavy atom.